The molecule has 1 amide bonds. The molecule has 2 heterocycles. The second-order valence-electron chi connectivity index (χ2n) is 4.86. The van der Waals surface area contributed by atoms with Crippen LogP contribution in [-0.4, -0.2) is 25.8 Å². The topological polar surface area (TPSA) is 110 Å². The van der Waals surface area contributed by atoms with Crippen LogP contribution in [0, 0.1) is 0 Å². The molecule has 4 N–H and O–H groups in total. The second kappa shape index (κ2) is 5.80. The first-order valence-corrected chi connectivity index (χ1v) is 7.01. The van der Waals surface area contributed by atoms with E-state index < -0.39 is 0 Å². The number of rotatable bonds is 4. The zero-order valence-corrected chi connectivity index (χ0v) is 12.1. The lowest BCUT2D eigenvalue weighted by atomic mass is 10.2. The Morgan fingerprint density at radius 3 is 2.82 bits per heavy atom. The monoisotopic (exact) mass is 296 g/mol. The fraction of sp³-hybridized carbons (Fsp3) is 0.200. The first kappa shape index (κ1) is 14.0. The molecule has 0 aliphatic rings. The molecule has 7 nitrogen and oxygen atoms in total. The lowest BCUT2D eigenvalue weighted by Crippen LogP contribution is -2.30. The average molecular weight is 296 g/mol. The molecule has 0 radical (unpaired) electrons. The molecule has 3 aromatic rings. The third kappa shape index (κ3) is 2.60. The molecule has 22 heavy (non-hydrogen) atoms. The number of carbonyl (C=O) groups is 1. The fourth-order valence-electron chi connectivity index (χ4n) is 2.25. The first-order valence-electron chi connectivity index (χ1n) is 7.01. The number of nitrogens with zero attached hydrogens (tertiary/aromatic N) is 3. The quantitative estimate of drug-likeness (QED) is 0.680. The van der Waals surface area contributed by atoms with Crippen LogP contribution in [0.2, 0.25) is 0 Å². The number of imidazole rings is 1. The number of nitrogens with one attached hydrogen (secondary N) is 2. The van der Waals surface area contributed by atoms with Crippen LogP contribution in [0.25, 0.3) is 11.0 Å². The van der Waals surface area contributed by atoms with E-state index in [2.05, 4.69) is 25.3 Å². The molecular weight excluding hydrogens is 280 g/mol. The number of anilines is 1. The van der Waals surface area contributed by atoms with Crippen LogP contribution in [0.1, 0.15) is 35.7 Å². The number of aromatic amines is 1. The highest BCUT2D eigenvalue weighted by atomic mass is 16.2. The van der Waals surface area contributed by atoms with Crippen molar-refractivity contribution in [3.63, 3.8) is 0 Å². The third-order valence-corrected chi connectivity index (χ3v) is 3.39. The Labute approximate surface area is 127 Å². The lowest BCUT2D eigenvalue weighted by molar-refractivity contribution is 0.0929. The zero-order valence-electron chi connectivity index (χ0n) is 12.1. The van der Waals surface area contributed by atoms with Gasteiger partial charge in [-0.3, -0.25) is 4.79 Å². The maximum Gasteiger partial charge on any atom is 0.274 e. The minimum atomic E-state index is -0.363. The number of nitrogens with two attached hydrogens (primary N) is 1. The fourth-order valence-corrected chi connectivity index (χ4v) is 2.25. The Balaban J connectivity index is 1.85. The van der Waals surface area contributed by atoms with Gasteiger partial charge in [0.1, 0.15) is 5.82 Å². The third-order valence-electron chi connectivity index (χ3n) is 3.39. The number of amides is 1. The van der Waals surface area contributed by atoms with E-state index in [9.17, 15) is 4.79 Å². The molecule has 0 saturated heterocycles. The Kier molecular flexibility index (Phi) is 3.69. The van der Waals surface area contributed by atoms with Gasteiger partial charge in [0.2, 0.25) is 0 Å². The molecule has 0 aliphatic heterocycles. The smallest absolute Gasteiger partial charge is 0.274 e. The average Bonchev–Trinajstić information content (AvgIpc) is 2.96. The van der Waals surface area contributed by atoms with Gasteiger partial charge >= 0.3 is 0 Å². The van der Waals surface area contributed by atoms with Crippen LogP contribution in [0.15, 0.2) is 36.7 Å². The summed E-state index contributed by atoms with van der Waals surface area (Å²) in [6, 6.07) is 7.48. The van der Waals surface area contributed by atoms with E-state index in [4.69, 9.17) is 5.73 Å². The van der Waals surface area contributed by atoms with E-state index >= 15 is 0 Å². The van der Waals surface area contributed by atoms with Crippen molar-refractivity contribution in [3.05, 3.63) is 48.2 Å². The molecule has 0 bridgehead atoms. The van der Waals surface area contributed by atoms with Crippen LogP contribution >= 0.6 is 0 Å². The minimum absolute atomic E-state index is 0.111. The number of fused-ring (bicyclic) bond motifs is 1. The van der Waals surface area contributed by atoms with Gasteiger partial charge in [0.05, 0.1) is 17.1 Å². The van der Waals surface area contributed by atoms with E-state index in [0.717, 1.165) is 11.0 Å². The van der Waals surface area contributed by atoms with Crippen molar-refractivity contribution in [1.82, 2.24) is 25.3 Å². The summed E-state index contributed by atoms with van der Waals surface area (Å²) in [6.07, 6.45) is 3.57. The molecular formula is C15H16N6O. The van der Waals surface area contributed by atoms with Gasteiger partial charge in [0, 0.05) is 12.4 Å². The largest absolute Gasteiger partial charge is 0.382 e. The SMILES string of the molecule is CCC(NC(=O)c1nccnc1N)c1nc2ccccc2[nH]1. The van der Waals surface area contributed by atoms with E-state index in [0.29, 0.717) is 12.2 Å². The predicted molar refractivity (Wildman–Crippen MR) is 83.0 cm³/mol. The van der Waals surface area contributed by atoms with Gasteiger partial charge in [0.25, 0.3) is 5.91 Å². The van der Waals surface area contributed by atoms with E-state index in [1.807, 2.05) is 31.2 Å². The number of hydrogen-bond acceptors (Lipinski definition) is 5. The Morgan fingerprint density at radius 1 is 1.32 bits per heavy atom. The van der Waals surface area contributed by atoms with Gasteiger partial charge in [-0.15, -0.1) is 0 Å². The van der Waals surface area contributed by atoms with Crippen LogP contribution in [0.5, 0.6) is 0 Å². The molecule has 1 atom stereocenters. The lowest BCUT2D eigenvalue weighted by Gasteiger charge is -2.14. The van der Waals surface area contributed by atoms with Crippen molar-refractivity contribution in [2.45, 2.75) is 19.4 Å². The molecule has 2 aromatic heterocycles. The van der Waals surface area contributed by atoms with E-state index in [1.165, 1.54) is 12.4 Å². The molecule has 1 unspecified atom stereocenters. The molecule has 0 aliphatic carbocycles. The number of hydrogen-bond donors (Lipinski definition) is 3. The molecule has 0 spiro atoms. The Bertz CT molecular complexity index is 779. The number of aromatic nitrogens is 4. The van der Waals surface area contributed by atoms with E-state index in [-0.39, 0.29) is 23.5 Å². The highest BCUT2D eigenvalue weighted by Crippen LogP contribution is 2.19. The highest BCUT2D eigenvalue weighted by molar-refractivity contribution is 5.96. The van der Waals surface area contributed by atoms with Crippen LogP contribution in [-0.2, 0) is 0 Å². The summed E-state index contributed by atoms with van der Waals surface area (Å²) in [5, 5.41) is 2.89. The van der Waals surface area contributed by atoms with Gasteiger partial charge < -0.3 is 16.0 Å². The van der Waals surface area contributed by atoms with Crippen molar-refractivity contribution in [3.8, 4) is 0 Å². The summed E-state index contributed by atoms with van der Waals surface area (Å²) in [6.45, 7) is 1.97. The van der Waals surface area contributed by atoms with Crippen molar-refractivity contribution in [2.75, 3.05) is 5.73 Å². The van der Waals surface area contributed by atoms with Crippen molar-refractivity contribution >= 4 is 22.8 Å². The number of H-pyrrole nitrogens is 1. The maximum atomic E-state index is 12.3. The molecule has 0 fully saturated rings. The summed E-state index contributed by atoms with van der Waals surface area (Å²) < 4.78 is 0. The number of benzene rings is 1. The van der Waals surface area contributed by atoms with Crippen molar-refractivity contribution < 1.29 is 4.79 Å². The summed E-state index contributed by atoms with van der Waals surface area (Å²) >= 11 is 0. The highest BCUT2D eigenvalue weighted by Gasteiger charge is 2.20. The number of carbonyl (C=O) groups excluding carboxylic acids is 1. The van der Waals surface area contributed by atoms with E-state index in [1.54, 1.807) is 0 Å². The molecule has 0 saturated carbocycles. The molecule has 112 valence electrons. The Hall–Kier alpha value is -2.96. The predicted octanol–water partition coefficient (Wildman–Crippen LogP) is 1.82. The zero-order chi connectivity index (χ0) is 15.5. The first-order chi connectivity index (χ1) is 10.7. The van der Waals surface area contributed by atoms with Gasteiger partial charge in [-0.25, -0.2) is 15.0 Å². The van der Waals surface area contributed by atoms with Crippen LogP contribution in [0.3, 0.4) is 0 Å². The molecule has 3 rings (SSSR count). The standard InChI is InChI=1S/C15H16N6O/c1-2-9(14-19-10-5-3-4-6-11(10)20-14)21-15(22)12-13(16)18-8-7-17-12/h3-9H,2H2,1H3,(H2,16,18)(H,19,20)(H,21,22). The Morgan fingerprint density at radius 2 is 2.09 bits per heavy atom. The second-order valence-corrected chi connectivity index (χ2v) is 4.86. The van der Waals surface area contributed by atoms with Crippen LogP contribution < -0.4 is 11.1 Å². The normalized spacial score (nSPS) is 12.2. The molecule has 7 heteroatoms. The van der Waals surface area contributed by atoms with Crippen molar-refractivity contribution in [1.29, 1.82) is 0 Å². The van der Waals surface area contributed by atoms with Crippen molar-refractivity contribution in [2.24, 2.45) is 0 Å². The summed E-state index contributed by atoms with van der Waals surface area (Å²) in [5.74, 6) is 0.455. The van der Waals surface area contributed by atoms with Crippen LogP contribution in [0.4, 0.5) is 5.82 Å². The minimum Gasteiger partial charge on any atom is -0.382 e. The van der Waals surface area contributed by atoms with Gasteiger partial charge in [0.15, 0.2) is 11.5 Å². The van der Waals surface area contributed by atoms with Gasteiger partial charge in [-0.1, -0.05) is 19.1 Å². The number of para-hydroxylation sites is 2. The summed E-state index contributed by atoms with van der Waals surface area (Å²) in [5.41, 5.74) is 7.60. The summed E-state index contributed by atoms with van der Waals surface area (Å²) in [7, 11) is 0. The number of nitrogen functional groups attached to an aromatic ring is 1. The molecule has 1 aromatic carbocycles. The summed E-state index contributed by atoms with van der Waals surface area (Å²) in [4.78, 5) is 27.9. The van der Waals surface area contributed by atoms with Gasteiger partial charge in [-0.2, -0.15) is 0 Å². The maximum absolute atomic E-state index is 12.3. The van der Waals surface area contributed by atoms with Gasteiger partial charge in [-0.05, 0) is 18.6 Å².